The zero-order valence-corrected chi connectivity index (χ0v) is 14.3. The molecular weight excluding hydrogens is 290 g/mol. The normalized spacial score (nSPS) is 11.0. The van der Waals surface area contributed by atoms with Gasteiger partial charge in [0.2, 0.25) is 0 Å². The first kappa shape index (κ1) is 17.3. The fourth-order valence-electron chi connectivity index (χ4n) is 2.47. The molecule has 2 rings (SSSR count). The smallest absolute Gasteiger partial charge is 0.125 e. The summed E-state index contributed by atoms with van der Waals surface area (Å²) in [6.45, 7) is 1.47. The molecule has 0 aliphatic rings. The van der Waals surface area contributed by atoms with Crippen LogP contribution in [0, 0.1) is 0 Å². The summed E-state index contributed by atoms with van der Waals surface area (Å²) < 4.78 is 17.2. The molecule has 4 nitrogen and oxygen atoms in total. The molecule has 0 aliphatic heterocycles. The standard InChI is InChI=1S/C19H25NO3/c1-20(2)13-14-23-19(15-9-5-7-11-17(15)21-3)16-10-6-8-12-18(16)22-4/h5-12,19H,13-14H2,1-4H3. The molecule has 2 aromatic carbocycles. The molecule has 0 aromatic heterocycles. The van der Waals surface area contributed by atoms with Gasteiger partial charge >= 0.3 is 0 Å². The highest BCUT2D eigenvalue weighted by molar-refractivity contribution is 5.45. The van der Waals surface area contributed by atoms with Crippen molar-refractivity contribution in [3.8, 4) is 11.5 Å². The molecule has 23 heavy (non-hydrogen) atoms. The van der Waals surface area contributed by atoms with Crippen LogP contribution in [0.25, 0.3) is 0 Å². The Balaban J connectivity index is 2.39. The Morgan fingerprint density at radius 3 is 1.74 bits per heavy atom. The summed E-state index contributed by atoms with van der Waals surface area (Å²) >= 11 is 0. The predicted octanol–water partition coefficient (Wildman–Crippen LogP) is 3.37. The Hall–Kier alpha value is -2.04. The van der Waals surface area contributed by atoms with Gasteiger partial charge in [-0.1, -0.05) is 36.4 Å². The molecular formula is C19H25NO3. The van der Waals surface area contributed by atoms with Gasteiger partial charge in [-0.15, -0.1) is 0 Å². The lowest BCUT2D eigenvalue weighted by Crippen LogP contribution is -2.20. The number of para-hydroxylation sites is 2. The van der Waals surface area contributed by atoms with E-state index in [4.69, 9.17) is 14.2 Å². The summed E-state index contributed by atoms with van der Waals surface area (Å²) in [7, 11) is 7.42. The molecule has 124 valence electrons. The van der Waals surface area contributed by atoms with Gasteiger partial charge in [-0.25, -0.2) is 0 Å². The highest BCUT2D eigenvalue weighted by Gasteiger charge is 2.22. The molecule has 0 atom stereocenters. The molecule has 2 aromatic rings. The first-order valence-corrected chi connectivity index (χ1v) is 7.69. The number of ether oxygens (including phenoxy) is 3. The Morgan fingerprint density at radius 1 is 0.826 bits per heavy atom. The lowest BCUT2D eigenvalue weighted by Gasteiger charge is -2.23. The number of hydrogen-bond donors (Lipinski definition) is 0. The number of likely N-dealkylation sites (N-methyl/N-ethyl adjacent to an activating group) is 1. The minimum absolute atomic E-state index is 0.234. The van der Waals surface area contributed by atoms with Crippen LogP contribution in [0.5, 0.6) is 11.5 Å². The van der Waals surface area contributed by atoms with E-state index in [1.54, 1.807) is 14.2 Å². The van der Waals surface area contributed by atoms with Crippen LogP contribution < -0.4 is 9.47 Å². The molecule has 0 fully saturated rings. The van der Waals surface area contributed by atoms with E-state index in [0.29, 0.717) is 6.61 Å². The average molecular weight is 315 g/mol. The van der Waals surface area contributed by atoms with Crippen molar-refractivity contribution in [3.05, 3.63) is 59.7 Å². The van der Waals surface area contributed by atoms with E-state index in [9.17, 15) is 0 Å². The zero-order valence-electron chi connectivity index (χ0n) is 14.3. The molecule has 0 heterocycles. The van der Waals surface area contributed by atoms with Crippen molar-refractivity contribution in [2.45, 2.75) is 6.10 Å². The lowest BCUT2D eigenvalue weighted by molar-refractivity contribution is 0.0656. The van der Waals surface area contributed by atoms with E-state index in [1.165, 1.54) is 0 Å². The van der Waals surface area contributed by atoms with Crippen molar-refractivity contribution in [1.82, 2.24) is 4.90 Å². The van der Waals surface area contributed by atoms with Crippen LogP contribution in [-0.2, 0) is 4.74 Å². The van der Waals surface area contributed by atoms with Gasteiger partial charge in [0.25, 0.3) is 0 Å². The Bertz CT molecular complexity index is 566. The second-order valence-corrected chi connectivity index (χ2v) is 5.54. The third-order valence-corrected chi connectivity index (χ3v) is 3.67. The zero-order chi connectivity index (χ0) is 16.7. The Kier molecular flexibility index (Phi) is 6.44. The molecule has 0 unspecified atom stereocenters. The fraction of sp³-hybridized carbons (Fsp3) is 0.368. The molecule has 0 aliphatic carbocycles. The van der Waals surface area contributed by atoms with Crippen LogP contribution in [-0.4, -0.2) is 46.4 Å². The Labute approximate surface area is 138 Å². The van der Waals surface area contributed by atoms with Gasteiger partial charge in [0, 0.05) is 17.7 Å². The van der Waals surface area contributed by atoms with Gasteiger partial charge in [0.1, 0.15) is 17.6 Å². The monoisotopic (exact) mass is 315 g/mol. The molecule has 0 bridgehead atoms. The van der Waals surface area contributed by atoms with Crippen molar-refractivity contribution in [1.29, 1.82) is 0 Å². The highest BCUT2D eigenvalue weighted by Crippen LogP contribution is 2.37. The van der Waals surface area contributed by atoms with Gasteiger partial charge in [-0.05, 0) is 26.2 Å². The van der Waals surface area contributed by atoms with E-state index in [-0.39, 0.29) is 6.10 Å². The average Bonchev–Trinajstić information content (AvgIpc) is 2.58. The summed E-state index contributed by atoms with van der Waals surface area (Å²) in [5.74, 6) is 1.63. The van der Waals surface area contributed by atoms with Gasteiger partial charge in [0.05, 0.1) is 20.8 Å². The summed E-state index contributed by atoms with van der Waals surface area (Å²) in [6, 6.07) is 15.9. The summed E-state index contributed by atoms with van der Waals surface area (Å²) in [5.41, 5.74) is 2.00. The summed E-state index contributed by atoms with van der Waals surface area (Å²) in [5, 5.41) is 0. The van der Waals surface area contributed by atoms with E-state index >= 15 is 0 Å². The molecule has 0 spiro atoms. The molecule has 0 saturated carbocycles. The van der Waals surface area contributed by atoms with Gasteiger partial charge in [-0.3, -0.25) is 0 Å². The fourth-order valence-corrected chi connectivity index (χ4v) is 2.47. The maximum atomic E-state index is 6.21. The van der Waals surface area contributed by atoms with Crippen molar-refractivity contribution >= 4 is 0 Å². The van der Waals surface area contributed by atoms with Crippen LogP contribution in [0.4, 0.5) is 0 Å². The molecule has 0 amide bonds. The minimum Gasteiger partial charge on any atom is -0.496 e. The second-order valence-electron chi connectivity index (χ2n) is 5.54. The van der Waals surface area contributed by atoms with Crippen LogP contribution in [0.15, 0.2) is 48.5 Å². The molecule has 0 N–H and O–H groups in total. The number of nitrogens with zero attached hydrogens (tertiary/aromatic N) is 1. The number of rotatable bonds is 8. The van der Waals surface area contributed by atoms with Crippen LogP contribution in [0.3, 0.4) is 0 Å². The lowest BCUT2D eigenvalue weighted by atomic mass is 9.99. The summed E-state index contributed by atoms with van der Waals surface area (Å²) in [6.07, 6.45) is -0.234. The number of methoxy groups -OCH3 is 2. The van der Waals surface area contributed by atoms with Crippen molar-refractivity contribution in [2.75, 3.05) is 41.5 Å². The van der Waals surface area contributed by atoms with Gasteiger partial charge in [-0.2, -0.15) is 0 Å². The van der Waals surface area contributed by atoms with E-state index in [1.807, 2.05) is 62.6 Å². The predicted molar refractivity (Wildman–Crippen MR) is 92.3 cm³/mol. The van der Waals surface area contributed by atoms with Gasteiger partial charge < -0.3 is 19.1 Å². The van der Waals surface area contributed by atoms with Crippen molar-refractivity contribution < 1.29 is 14.2 Å². The first-order chi connectivity index (χ1) is 11.2. The second kappa shape index (κ2) is 8.56. The third-order valence-electron chi connectivity index (χ3n) is 3.67. The highest BCUT2D eigenvalue weighted by atomic mass is 16.5. The summed E-state index contributed by atoms with van der Waals surface area (Å²) in [4.78, 5) is 2.10. The largest absolute Gasteiger partial charge is 0.496 e. The van der Waals surface area contributed by atoms with Crippen molar-refractivity contribution in [3.63, 3.8) is 0 Å². The quantitative estimate of drug-likeness (QED) is 0.747. The van der Waals surface area contributed by atoms with Crippen LogP contribution in [0.1, 0.15) is 17.2 Å². The number of benzene rings is 2. The minimum atomic E-state index is -0.234. The van der Waals surface area contributed by atoms with Crippen LogP contribution >= 0.6 is 0 Å². The topological polar surface area (TPSA) is 30.9 Å². The third kappa shape index (κ3) is 4.47. The molecule has 4 heteroatoms. The number of hydrogen-bond acceptors (Lipinski definition) is 4. The van der Waals surface area contributed by atoms with Crippen LogP contribution in [0.2, 0.25) is 0 Å². The SMILES string of the molecule is COc1ccccc1C(OCCN(C)C)c1ccccc1OC. The van der Waals surface area contributed by atoms with E-state index in [0.717, 1.165) is 29.2 Å². The maximum absolute atomic E-state index is 6.21. The van der Waals surface area contributed by atoms with E-state index in [2.05, 4.69) is 4.90 Å². The van der Waals surface area contributed by atoms with Gasteiger partial charge in [0.15, 0.2) is 0 Å². The van der Waals surface area contributed by atoms with E-state index < -0.39 is 0 Å². The Morgan fingerprint density at radius 2 is 1.30 bits per heavy atom. The molecule has 0 radical (unpaired) electrons. The molecule has 0 saturated heterocycles. The maximum Gasteiger partial charge on any atom is 0.125 e. The first-order valence-electron chi connectivity index (χ1n) is 7.69. The van der Waals surface area contributed by atoms with Crippen molar-refractivity contribution in [2.24, 2.45) is 0 Å².